The number of allylic oxidation sites excluding steroid dienone is 2. The lowest BCUT2D eigenvalue weighted by Gasteiger charge is -2.27. The van der Waals surface area contributed by atoms with E-state index in [1.807, 2.05) is 12.1 Å². The number of hydrogen-bond donors (Lipinski definition) is 3. The summed E-state index contributed by atoms with van der Waals surface area (Å²) in [5, 5.41) is 14.0. The van der Waals surface area contributed by atoms with Crippen molar-refractivity contribution in [3.05, 3.63) is 42.5 Å². The highest BCUT2D eigenvalue weighted by Gasteiger charge is 2.48. The number of rotatable bonds is 9. The molecule has 3 N–H and O–H groups in total. The second kappa shape index (κ2) is 10.2. The summed E-state index contributed by atoms with van der Waals surface area (Å²) < 4.78 is 6.03. The number of nitrogens with one attached hydrogen (secondary N) is 2. The van der Waals surface area contributed by atoms with Crippen molar-refractivity contribution in [2.45, 2.75) is 50.7 Å². The highest BCUT2D eigenvalue weighted by Crippen LogP contribution is 2.44. The lowest BCUT2D eigenvalue weighted by atomic mass is 9.77. The predicted molar refractivity (Wildman–Crippen MR) is 108 cm³/mol. The fourth-order valence-corrected chi connectivity index (χ4v) is 4.22. The topological polar surface area (TPSA) is 105 Å². The third-order valence-corrected chi connectivity index (χ3v) is 5.66. The van der Waals surface area contributed by atoms with Crippen LogP contribution in [0.15, 0.2) is 42.5 Å². The van der Waals surface area contributed by atoms with Gasteiger partial charge < -0.3 is 20.5 Å². The van der Waals surface area contributed by atoms with Crippen molar-refractivity contribution >= 4 is 23.5 Å². The van der Waals surface area contributed by atoms with Gasteiger partial charge in [0, 0.05) is 24.6 Å². The molecule has 0 saturated carbocycles. The highest BCUT2D eigenvalue weighted by atomic mass is 16.5. The SMILES string of the molecule is O=C(O)CCC/C=C\C[C@@H]1[C@@H](CNC(=O)C(=O)Nc2ccccc2)[C@@H]2CC[C@H]1O2. The molecule has 2 aliphatic heterocycles. The number of anilines is 1. The molecule has 0 spiro atoms. The van der Waals surface area contributed by atoms with Gasteiger partial charge in [-0.25, -0.2) is 0 Å². The Labute approximate surface area is 170 Å². The zero-order valence-electron chi connectivity index (χ0n) is 16.4. The minimum absolute atomic E-state index is 0.128. The van der Waals surface area contributed by atoms with E-state index in [0.717, 1.165) is 25.7 Å². The number of amides is 2. The third-order valence-electron chi connectivity index (χ3n) is 5.66. The van der Waals surface area contributed by atoms with E-state index < -0.39 is 17.8 Å². The molecule has 29 heavy (non-hydrogen) atoms. The molecule has 3 rings (SSSR count). The van der Waals surface area contributed by atoms with Crippen LogP contribution in [-0.2, 0) is 19.1 Å². The molecule has 0 unspecified atom stereocenters. The van der Waals surface area contributed by atoms with Crippen molar-refractivity contribution in [2.24, 2.45) is 11.8 Å². The predicted octanol–water partition coefficient (Wildman–Crippen LogP) is 2.74. The van der Waals surface area contributed by atoms with Crippen LogP contribution in [-0.4, -0.2) is 41.6 Å². The van der Waals surface area contributed by atoms with E-state index in [9.17, 15) is 14.4 Å². The van der Waals surface area contributed by atoms with E-state index in [2.05, 4.69) is 16.7 Å². The number of carboxylic acid groups (broad SMARTS) is 1. The summed E-state index contributed by atoms with van der Waals surface area (Å²) in [4.78, 5) is 34.8. The van der Waals surface area contributed by atoms with Gasteiger partial charge in [0.2, 0.25) is 0 Å². The Kier molecular flexibility index (Phi) is 7.41. The molecule has 2 heterocycles. The molecular formula is C22H28N2O5. The minimum atomic E-state index is -0.771. The van der Waals surface area contributed by atoms with E-state index in [0.29, 0.717) is 24.6 Å². The van der Waals surface area contributed by atoms with Crippen LogP contribution in [0.4, 0.5) is 5.69 Å². The normalized spacial score (nSPS) is 25.2. The summed E-state index contributed by atoms with van der Waals surface area (Å²) in [6.07, 6.45) is 8.86. The van der Waals surface area contributed by atoms with Crippen molar-refractivity contribution in [1.82, 2.24) is 5.32 Å². The lowest BCUT2D eigenvalue weighted by Crippen LogP contribution is -2.42. The van der Waals surface area contributed by atoms with E-state index in [4.69, 9.17) is 9.84 Å². The van der Waals surface area contributed by atoms with Crippen molar-refractivity contribution < 1.29 is 24.2 Å². The largest absolute Gasteiger partial charge is 0.481 e. The van der Waals surface area contributed by atoms with Crippen molar-refractivity contribution in [2.75, 3.05) is 11.9 Å². The van der Waals surface area contributed by atoms with Gasteiger partial charge in [0.1, 0.15) is 0 Å². The van der Waals surface area contributed by atoms with Crippen molar-refractivity contribution in [1.29, 1.82) is 0 Å². The van der Waals surface area contributed by atoms with Crippen LogP contribution < -0.4 is 10.6 Å². The molecule has 7 nitrogen and oxygen atoms in total. The zero-order chi connectivity index (χ0) is 20.6. The first kappa shape index (κ1) is 21.0. The van der Waals surface area contributed by atoms with Gasteiger partial charge in [0.25, 0.3) is 0 Å². The Morgan fingerprint density at radius 2 is 1.76 bits per heavy atom. The van der Waals surface area contributed by atoms with Crippen LogP contribution in [0.5, 0.6) is 0 Å². The van der Waals surface area contributed by atoms with E-state index in [-0.39, 0.29) is 24.5 Å². The van der Waals surface area contributed by atoms with Gasteiger partial charge in [-0.15, -0.1) is 0 Å². The summed E-state index contributed by atoms with van der Waals surface area (Å²) >= 11 is 0. The molecule has 0 aliphatic carbocycles. The number of carboxylic acids is 1. The van der Waals surface area contributed by atoms with Gasteiger partial charge in [-0.1, -0.05) is 30.4 Å². The molecule has 2 fully saturated rings. The number of fused-ring (bicyclic) bond motifs is 2. The van der Waals surface area contributed by atoms with Crippen LogP contribution in [0.3, 0.4) is 0 Å². The number of hydrogen-bond acceptors (Lipinski definition) is 4. The molecule has 7 heteroatoms. The van der Waals surface area contributed by atoms with Crippen LogP contribution in [0.2, 0.25) is 0 Å². The number of ether oxygens (including phenoxy) is 1. The minimum Gasteiger partial charge on any atom is -0.481 e. The molecule has 0 aromatic heterocycles. The molecule has 2 bridgehead atoms. The van der Waals surface area contributed by atoms with Crippen molar-refractivity contribution in [3.63, 3.8) is 0 Å². The second-order valence-electron chi connectivity index (χ2n) is 7.64. The van der Waals surface area contributed by atoms with Gasteiger partial charge >= 0.3 is 17.8 Å². The molecule has 4 atom stereocenters. The third kappa shape index (κ3) is 5.90. The fraction of sp³-hybridized carbons (Fsp3) is 0.500. The van der Waals surface area contributed by atoms with E-state index >= 15 is 0 Å². The summed E-state index contributed by atoms with van der Waals surface area (Å²) in [6, 6.07) is 8.88. The average molecular weight is 400 g/mol. The zero-order valence-corrected chi connectivity index (χ0v) is 16.4. The molecule has 2 saturated heterocycles. The van der Waals surface area contributed by atoms with Crippen LogP contribution in [0.1, 0.15) is 38.5 Å². The Morgan fingerprint density at radius 3 is 2.48 bits per heavy atom. The van der Waals surface area contributed by atoms with Gasteiger partial charge in [-0.3, -0.25) is 14.4 Å². The Hall–Kier alpha value is -2.67. The molecule has 156 valence electrons. The molecular weight excluding hydrogens is 372 g/mol. The summed E-state index contributed by atoms with van der Waals surface area (Å²) in [7, 11) is 0. The number of carbonyl (C=O) groups is 3. The fourth-order valence-electron chi connectivity index (χ4n) is 4.22. The first-order chi connectivity index (χ1) is 14.0. The lowest BCUT2D eigenvalue weighted by molar-refractivity contribution is -0.137. The maximum Gasteiger partial charge on any atom is 0.313 e. The highest BCUT2D eigenvalue weighted by molar-refractivity contribution is 6.39. The summed E-state index contributed by atoms with van der Waals surface area (Å²) in [5.41, 5.74) is 0.585. The average Bonchev–Trinajstić information content (AvgIpc) is 3.31. The van der Waals surface area contributed by atoms with E-state index in [1.165, 1.54) is 0 Å². The quantitative estimate of drug-likeness (QED) is 0.336. The number of benzene rings is 1. The molecule has 1 aromatic rings. The molecule has 2 aliphatic rings. The van der Waals surface area contributed by atoms with Gasteiger partial charge in [0.05, 0.1) is 12.2 Å². The Balaban J connectivity index is 1.45. The number of carbonyl (C=O) groups excluding carboxylic acids is 2. The monoisotopic (exact) mass is 400 g/mol. The van der Waals surface area contributed by atoms with E-state index in [1.54, 1.807) is 24.3 Å². The number of para-hydroxylation sites is 1. The Bertz CT molecular complexity index is 749. The summed E-state index contributed by atoms with van der Waals surface area (Å²) in [5.74, 6) is -1.59. The second-order valence-corrected chi connectivity index (χ2v) is 7.64. The number of unbranched alkanes of at least 4 members (excludes halogenated alkanes) is 1. The standard InChI is InChI=1S/C22H28N2O5/c25-20(26)11-7-2-1-6-10-16-17(19-13-12-18(16)29-19)14-23-21(27)22(28)24-15-8-4-3-5-9-15/h1,3-6,8-9,16-19H,2,7,10-14H2,(H,23,27)(H,24,28)(H,25,26)/b6-1-/t16-,17-,18-,19+/m1/s1. The maximum atomic E-state index is 12.2. The van der Waals surface area contributed by atoms with Gasteiger partial charge in [-0.2, -0.15) is 0 Å². The Morgan fingerprint density at radius 1 is 1.03 bits per heavy atom. The number of aliphatic carboxylic acids is 1. The molecule has 0 radical (unpaired) electrons. The van der Waals surface area contributed by atoms with Gasteiger partial charge in [0.15, 0.2) is 0 Å². The summed E-state index contributed by atoms with van der Waals surface area (Å²) in [6.45, 7) is 0.416. The van der Waals surface area contributed by atoms with Crippen molar-refractivity contribution in [3.8, 4) is 0 Å². The first-order valence-corrected chi connectivity index (χ1v) is 10.2. The smallest absolute Gasteiger partial charge is 0.313 e. The first-order valence-electron chi connectivity index (χ1n) is 10.2. The van der Waals surface area contributed by atoms with Gasteiger partial charge in [-0.05, 0) is 50.2 Å². The van der Waals surface area contributed by atoms with Crippen LogP contribution >= 0.6 is 0 Å². The van der Waals surface area contributed by atoms with Crippen LogP contribution in [0.25, 0.3) is 0 Å². The maximum absolute atomic E-state index is 12.2. The van der Waals surface area contributed by atoms with Crippen LogP contribution in [0, 0.1) is 11.8 Å². The molecule has 2 amide bonds. The molecule has 1 aromatic carbocycles.